The lowest BCUT2D eigenvalue weighted by Crippen LogP contribution is -2.32. The maximum Gasteiger partial charge on any atom is 0.433 e. The Morgan fingerprint density at radius 2 is 1.53 bits per heavy atom. The van der Waals surface area contributed by atoms with Gasteiger partial charge in [0.1, 0.15) is 5.69 Å². The van der Waals surface area contributed by atoms with Crippen molar-refractivity contribution >= 4 is 44.8 Å². The summed E-state index contributed by atoms with van der Waals surface area (Å²) in [5, 5.41) is 9.40. The second kappa shape index (κ2) is 8.95. The average Bonchev–Trinajstić information content (AvgIpc) is 2.80. The summed E-state index contributed by atoms with van der Waals surface area (Å²) < 4.78 is 40.3. The van der Waals surface area contributed by atoms with E-state index >= 15 is 0 Å². The quantitative estimate of drug-likeness (QED) is 0.313. The molecule has 0 aliphatic heterocycles. The highest BCUT2D eigenvalue weighted by Crippen LogP contribution is 2.35. The number of pyridine rings is 2. The first kappa shape index (κ1) is 22.7. The third kappa shape index (κ3) is 4.75. The van der Waals surface area contributed by atoms with Crippen LogP contribution in [0.1, 0.15) is 36.9 Å². The fraction of sp³-hybridized carbons (Fsp3) is 0.308. The number of nitrogens with zero attached hydrogens (tertiary/aromatic N) is 2. The Labute approximate surface area is 200 Å². The van der Waals surface area contributed by atoms with Crippen LogP contribution in [0.5, 0.6) is 0 Å². The summed E-state index contributed by atoms with van der Waals surface area (Å²) in [6, 6.07) is 14.5. The zero-order valence-electron chi connectivity index (χ0n) is 18.6. The molecule has 0 unspecified atom stereocenters. The lowest BCUT2D eigenvalue weighted by Gasteiger charge is -2.31. The molecule has 1 aliphatic carbocycles. The smallest absolute Gasteiger partial charge is 0.382 e. The highest BCUT2D eigenvalue weighted by Gasteiger charge is 2.34. The highest BCUT2D eigenvalue weighted by molar-refractivity contribution is 6.31. The van der Waals surface area contributed by atoms with Crippen molar-refractivity contribution in [1.29, 1.82) is 0 Å². The van der Waals surface area contributed by atoms with Crippen LogP contribution in [0.4, 0.5) is 24.5 Å². The maximum atomic E-state index is 13.4. The second-order valence-electron chi connectivity index (χ2n) is 8.93. The number of aryl methyl sites for hydroxylation is 1. The van der Waals surface area contributed by atoms with E-state index < -0.39 is 11.9 Å². The number of anilines is 2. The van der Waals surface area contributed by atoms with Crippen LogP contribution >= 0.6 is 11.6 Å². The van der Waals surface area contributed by atoms with Gasteiger partial charge in [-0.25, -0.2) is 4.98 Å². The summed E-state index contributed by atoms with van der Waals surface area (Å²) in [7, 11) is 0. The van der Waals surface area contributed by atoms with E-state index in [-0.39, 0.29) is 12.1 Å². The van der Waals surface area contributed by atoms with E-state index in [0.717, 1.165) is 59.3 Å². The predicted molar refractivity (Wildman–Crippen MR) is 132 cm³/mol. The first-order chi connectivity index (χ1) is 16.3. The molecule has 0 amide bonds. The van der Waals surface area contributed by atoms with Gasteiger partial charge in [0.05, 0.1) is 11.0 Å². The largest absolute Gasteiger partial charge is 0.433 e. The number of hydrogen-bond donors (Lipinski definition) is 2. The predicted octanol–water partition coefficient (Wildman–Crippen LogP) is 7.60. The van der Waals surface area contributed by atoms with Crippen LogP contribution in [0.2, 0.25) is 5.02 Å². The van der Waals surface area contributed by atoms with Crippen LogP contribution in [-0.4, -0.2) is 22.1 Å². The third-order valence-corrected chi connectivity index (χ3v) is 6.64. The number of aromatic nitrogens is 2. The van der Waals surface area contributed by atoms with Gasteiger partial charge >= 0.3 is 6.18 Å². The molecular formula is C26H24ClF3N4. The van der Waals surface area contributed by atoms with Gasteiger partial charge in [-0.05, 0) is 75.1 Å². The molecule has 2 aromatic heterocycles. The van der Waals surface area contributed by atoms with E-state index in [9.17, 15) is 13.2 Å². The monoisotopic (exact) mass is 484 g/mol. The first-order valence-electron chi connectivity index (χ1n) is 11.3. The summed E-state index contributed by atoms with van der Waals surface area (Å²) in [6.07, 6.45) is 0.789. The Balaban J connectivity index is 1.31. The molecule has 4 nitrogen and oxygen atoms in total. The second-order valence-corrected chi connectivity index (χ2v) is 9.37. The third-order valence-electron chi connectivity index (χ3n) is 6.41. The van der Waals surface area contributed by atoms with E-state index in [4.69, 9.17) is 11.6 Å². The molecule has 4 aromatic rings. The Morgan fingerprint density at radius 3 is 2.24 bits per heavy atom. The fourth-order valence-corrected chi connectivity index (χ4v) is 4.84. The van der Waals surface area contributed by atoms with Gasteiger partial charge in [-0.1, -0.05) is 23.2 Å². The fourth-order valence-electron chi connectivity index (χ4n) is 4.67. The molecule has 1 saturated carbocycles. The molecule has 0 radical (unpaired) electrons. The van der Waals surface area contributed by atoms with E-state index in [0.29, 0.717) is 16.2 Å². The van der Waals surface area contributed by atoms with Crippen molar-refractivity contribution in [1.82, 2.24) is 9.97 Å². The van der Waals surface area contributed by atoms with Gasteiger partial charge in [-0.15, -0.1) is 0 Å². The van der Waals surface area contributed by atoms with Gasteiger partial charge in [0.2, 0.25) is 0 Å². The lowest BCUT2D eigenvalue weighted by molar-refractivity contribution is -0.140. The Hall–Kier alpha value is -3.06. The van der Waals surface area contributed by atoms with Gasteiger partial charge < -0.3 is 10.6 Å². The standard InChI is InChI=1S/C26H24ClF3N4/c1-15-2-9-21-20(12-15)24(14-25(34-21)26(28,29)30)33-18-6-4-17(5-7-18)32-22-10-11-31-23-13-16(27)3-8-19(22)23/h2-3,8-14,17-18H,4-7H2,1H3,(H,31,32)(H,33,34). The summed E-state index contributed by atoms with van der Waals surface area (Å²) in [5.74, 6) is 0. The van der Waals surface area contributed by atoms with Crippen LogP contribution < -0.4 is 10.6 Å². The molecule has 34 heavy (non-hydrogen) atoms. The minimum atomic E-state index is -4.49. The number of benzene rings is 2. The molecule has 1 fully saturated rings. The van der Waals surface area contributed by atoms with Crippen LogP contribution in [0.25, 0.3) is 21.8 Å². The minimum absolute atomic E-state index is 0.0956. The van der Waals surface area contributed by atoms with Gasteiger partial charge in [0.15, 0.2) is 0 Å². The van der Waals surface area contributed by atoms with Gasteiger partial charge in [0.25, 0.3) is 0 Å². The van der Waals surface area contributed by atoms with E-state index in [1.54, 1.807) is 18.3 Å². The summed E-state index contributed by atoms with van der Waals surface area (Å²) in [4.78, 5) is 8.23. The number of fused-ring (bicyclic) bond motifs is 2. The van der Waals surface area contributed by atoms with Gasteiger partial charge in [-0.2, -0.15) is 13.2 Å². The molecule has 0 atom stereocenters. The molecule has 1 aliphatic rings. The van der Waals surface area contributed by atoms with Crippen molar-refractivity contribution < 1.29 is 13.2 Å². The zero-order chi connectivity index (χ0) is 23.9. The molecule has 0 saturated heterocycles. The Morgan fingerprint density at radius 1 is 0.824 bits per heavy atom. The van der Waals surface area contributed by atoms with Gasteiger partial charge in [0, 0.05) is 45.5 Å². The molecule has 2 aromatic carbocycles. The SMILES string of the molecule is Cc1ccc2nc(C(F)(F)F)cc(NC3CCC(Nc4ccnc5cc(Cl)ccc45)CC3)c2c1. The molecule has 5 rings (SSSR count). The number of rotatable bonds is 4. The number of hydrogen-bond acceptors (Lipinski definition) is 4. The van der Waals surface area contributed by atoms with E-state index in [1.807, 2.05) is 37.3 Å². The van der Waals surface area contributed by atoms with Crippen molar-refractivity contribution in [3.05, 3.63) is 71.0 Å². The van der Waals surface area contributed by atoms with Crippen LogP contribution in [-0.2, 0) is 6.18 Å². The molecule has 0 bridgehead atoms. The van der Waals surface area contributed by atoms with Crippen molar-refractivity contribution in [3.63, 3.8) is 0 Å². The molecule has 8 heteroatoms. The number of halogens is 4. The summed E-state index contributed by atoms with van der Waals surface area (Å²) in [6.45, 7) is 1.93. The number of alkyl halides is 3. The topological polar surface area (TPSA) is 49.8 Å². The highest BCUT2D eigenvalue weighted by atomic mass is 35.5. The molecule has 2 heterocycles. The van der Waals surface area contributed by atoms with Crippen molar-refractivity contribution in [2.75, 3.05) is 10.6 Å². The molecule has 2 N–H and O–H groups in total. The molecular weight excluding hydrogens is 461 g/mol. The average molecular weight is 485 g/mol. The minimum Gasteiger partial charge on any atom is -0.382 e. The maximum absolute atomic E-state index is 13.4. The normalized spacial score (nSPS) is 18.9. The Kier molecular flexibility index (Phi) is 5.98. The zero-order valence-corrected chi connectivity index (χ0v) is 19.3. The summed E-state index contributed by atoms with van der Waals surface area (Å²) in [5.41, 5.74) is 2.82. The van der Waals surface area contributed by atoms with Crippen molar-refractivity contribution in [2.24, 2.45) is 0 Å². The summed E-state index contributed by atoms with van der Waals surface area (Å²) >= 11 is 6.09. The molecule has 176 valence electrons. The van der Waals surface area contributed by atoms with E-state index in [1.165, 1.54) is 0 Å². The van der Waals surface area contributed by atoms with E-state index in [2.05, 4.69) is 20.6 Å². The van der Waals surface area contributed by atoms with Crippen LogP contribution in [0, 0.1) is 6.92 Å². The van der Waals surface area contributed by atoms with Crippen molar-refractivity contribution in [3.8, 4) is 0 Å². The van der Waals surface area contributed by atoms with Crippen LogP contribution in [0.3, 0.4) is 0 Å². The number of nitrogens with one attached hydrogen (secondary N) is 2. The van der Waals surface area contributed by atoms with Crippen LogP contribution in [0.15, 0.2) is 54.7 Å². The first-order valence-corrected chi connectivity index (χ1v) is 11.7. The lowest BCUT2D eigenvalue weighted by atomic mass is 9.90. The Bertz CT molecular complexity index is 1350. The molecule has 0 spiro atoms. The van der Waals surface area contributed by atoms with Gasteiger partial charge in [-0.3, -0.25) is 4.98 Å². The van der Waals surface area contributed by atoms with Crippen molar-refractivity contribution in [2.45, 2.75) is 50.9 Å².